The van der Waals surface area contributed by atoms with Gasteiger partial charge < -0.3 is 20.3 Å². The molecule has 1 unspecified atom stereocenters. The normalized spacial score (nSPS) is 16.7. The number of nitrogens with one attached hydrogen (secondary N) is 2. The second kappa shape index (κ2) is 9.14. The Bertz CT molecular complexity index is 1330. The van der Waals surface area contributed by atoms with Crippen molar-refractivity contribution in [2.45, 2.75) is 45.2 Å². The number of rotatable bonds is 5. The van der Waals surface area contributed by atoms with Crippen molar-refractivity contribution in [3.8, 4) is 5.69 Å². The van der Waals surface area contributed by atoms with Crippen molar-refractivity contribution in [3.63, 3.8) is 0 Å². The van der Waals surface area contributed by atoms with Crippen molar-refractivity contribution in [3.05, 3.63) is 71.4 Å². The maximum absolute atomic E-state index is 12.7. The number of esters is 1. The molecule has 9 heteroatoms. The molecule has 2 amide bonds. The van der Waals surface area contributed by atoms with Crippen LogP contribution in [0.15, 0.2) is 54.6 Å². The molecule has 2 aliphatic rings. The molecule has 2 aliphatic heterocycles. The smallest absolute Gasteiger partial charge is 0.338 e. The van der Waals surface area contributed by atoms with Gasteiger partial charge >= 0.3 is 5.97 Å². The van der Waals surface area contributed by atoms with Crippen LogP contribution in [0.2, 0.25) is 0 Å². The Kier molecular flexibility index (Phi) is 5.99. The first-order chi connectivity index (χ1) is 17.2. The number of para-hydroxylation sites is 1. The van der Waals surface area contributed by atoms with Gasteiger partial charge in [-0.15, -0.1) is 0 Å². The van der Waals surface area contributed by atoms with E-state index in [4.69, 9.17) is 4.74 Å². The van der Waals surface area contributed by atoms with Crippen LogP contribution >= 0.6 is 0 Å². The van der Waals surface area contributed by atoms with Crippen molar-refractivity contribution in [2.75, 3.05) is 23.8 Å². The van der Waals surface area contributed by atoms with Crippen LogP contribution < -0.4 is 10.6 Å². The SMILES string of the molecule is CC(C)(C)c1cc(NC(=O)COC(=O)c2ccc3c(c2)NC2CCCN2C3=O)n(-c2ccccc2)n1. The molecular formula is C27H29N5O4. The monoisotopic (exact) mass is 487 g/mol. The van der Waals surface area contributed by atoms with E-state index in [0.717, 1.165) is 30.8 Å². The fourth-order valence-corrected chi connectivity index (χ4v) is 4.47. The Balaban J connectivity index is 1.27. The molecule has 3 heterocycles. The molecule has 1 saturated heterocycles. The van der Waals surface area contributed by atoms with Gasteiger partial charge in [0.25, 0.3) is 11.8 Å². The number of nitrogens with zero attached hydrogens (tertiary/aromatic N) is 3. The van der Waals surface area contributed by atoms with E-state index in [1.807, 2.05) is 62.1 Å². The molecule has 36 heavy (non-hydrogen) atoms. The second-order valence-corrected chi connectivity index (χ2v) is 10.1. The minimum absolute atomic E-state index is 0.0322. The van der Waals surface area contributed by atoms with Crippen LogP contribution in [0, 0.1) is 0 Å². The third-order valence-corrected chi connectivity index (χ3v) is 6.40. The zero-order valence-corrected chi connectivity index (χ0v) is 20.6. The van der Waals surface area contributed by atoms with Gasteiger partial charge in [-0.1, -0.05) is 39.0 Å². The van der Waals surface area contributed by atoms with Gasteiger partial charge in [-0.25, -0.2) is 9.48 Å². The largest absolute Gasteiger partial charge is 0.452 e. The van der Waals surface area contributed by atoms with Crippen molar-refractivity contribution >= 4 is 29.3 Å². The van der Waals surface area contributed by atoms with E-state index in [1.165, 1.54) is 0 Å². The third kappa shape index (κ3) is 4.56. The highest BCUT2D eigenvalue weighted by molar-refractivity contribution is 6.04. The Labute approximate surface area is 209 Å². The lowest BCUT2D eigenvalue weighted by molar-refractivity contribution is -0.119. The number of ether oxygens (including phenoxy) is 1. The average molecular weight is 488 g/mol. The highest BCUT2D eigenvalue weighted by Crippen LogP contribution is 2.31. The third-order valence-electron chi connectivity index (χ3n) is 6.40. The summed E-state index contributed by atoms with van der Waals surface area (Å²) in [5.41, 5.74) is 2.82. The first-order valence-electron chi connectivity index (χ1n) is 12.1. The van der Waals surface area contributed by atoms with E-state index in [0.29, 0.717) is 17.1 Å². The van der Waals surface area contributed by atoms with Crippen molar-refractivity contribution < 1.29 is 19.1 Å². The van der Waals surface area contributed by atoms with E-state index in [2.05, 4.69) is 15.7 Å². The Morgan fingerprint density at radius 3 is 2.67 bits per heavy atom. The number of hydrogen-bond donors (Lipinski definition) is 2. The van der Waals surface area contributed by atoms with E-state index >= 15 is 0 Å². The molecule has 1 atom stereocenters. The molecule has 0 spiro atoms. The van der Waals surface area contributed by atoms with E-state index < -0.39 is 18.5 Å². The molecular weight excluding hydrogens is 458 g/mol. The van der Waals surface area contributed by atoms with E-state index in [-0.39, 0.29) is 23.1 Å². The van der Waals surface area contributed by atoms with Gasteiger partial charge in [0.1, 0.15) is 12.0 Å². The lowest BCUT2D eigenvalue weighted by Gasteiger charge is -2.32. The molecule has 2 N–H and O–H groups in total. The predicted octanol–water partition coefficient (Wildman–Crippen LogP) is 3.95. The van der Waals surface area contributed by atoms with Crippen molar-refractivity contribution in [2.24, 2.45) is 0 Å². The molecule has 0 aliphatic carbocycles. The molecule has 2 aromatic carbocycles. The van der Waals surface area contributed by atoms with Crippen LogP contribution in [0.4, 0.5) is 11.5 Å². The van der Waals surface area contributed by atoms with E-state index in [9.17, 15) is 14.4 Å². The van der Waals surface area contributed by atoms with Crippen molar-refractivity contribution in [1.82, 2.24) is 14.7 Å². The summed E-state index contributed by atoms with van der Waals surface area (Å²) >= 11 is 0. The minimum Gasteiger partial charge on any atom is -0.452 e. The summed E-state index contributed by atoms with van der Waals surface area (Å²) in [6, 6.07) is 16.1. The standard InChI is InChI=1S/C27H29N5O4/c1-27(2,3)21-15-23(32(30-21)18-8-5-4-6-9-18)29-24(33)16-36-26(35)17-11-12-19-20(14-17)28-22-10-7-13-31(22)25(19)34/h4-6,8-9,11-12,14-15,22,28H,7,10,13,16H2,1-3H3,(H,29,33). The van der Waals surface area contributed by atoms with Crippen LogP contribution in [0.3, 0.4) is 0 Å². The molecule has 1 aromatic heterocycles. The first-order valence-corrected chi connectivity index (χ1v) is 12.1. The number of benzene rings is 2. The lowest BCUT2D eigenvalue weighted by Crippen LogP contribution is -2.44. The fourth-order valence-electron chi connectivity index (χ4n) is 4.47. The molecule has 0 bridgehead atoms. The summed E-state index contributed by atoms with van der Waals surface area (Å²) in [7, 11) is 0. The van der Waals surface area contributed by atoms with Gasteiger partial charge in [-0.2, -0.15) is 5.10 Å². The molecule has 9 nitrogen and oxygen atoms in total. The molecule has 1 fully saturated rings. The summed E-state index contributed by atoms with van der Waals surface area (Å²) in [6.45, 7) is 6.41. The molecule has 3 aromatic rings. The van der Waals surface area contributed by atoms with Gasteiger partial charge in [-0.3, -0.25) is 9.59 Å². The minimum atomic E-state index is -0.636. The lowest BCUT2D eigenvalue weighted by atomic mass is 9.92. The number of fused-ring (bicyclic) bond motifs is 2. The van der Waals surface area contributed by atoms with E-state index in [1.54, 1.807) is 22.9 Å². The topological polar surface area (TPSA) is 106 Å². The maximum Gasteiger partial charge on any atom is 0.338 e. The Hall–Kier alpha value is -4.14. The number of hydrogen-bond acceptors (Lipinski definition) is 6. The summed E-state index contributed by atoms with van der Waals surface area (Å²) in [5, 5.41) is 10.8. The van der Waals surface area contributed by atoms with Crippen molar-refractivity contribution in [1.29, 1.82) is 0 Å². The molecule has 5 rings (SSSR count). The average Bonchev–Trinajstić information content (AvgIpc) is 3.50. The quantitative estimate of drug-likeness (QED) is 0.528. The number of aromatic nitrogens is 2. The summed E-state index contributed by atoms with van der Waals surface area (Å²) in [4.78, 5) is 39.9. The molecule has 0 radical (unpaired) electrons. The summed E-state index contributed by atoms with van der Waals surface area (Å²) in [5.74, 6) is -0.656. The zero-order chi connectivity index (χ0) is 25.4. The van der Waals surface area contributed by atoms with Gasteiger partial charge in [0.2, 0.25) is 0 Å². The first kappa shape index (κ1) is 23.6. The summed E-state index contributed by atoms with van der Waals surface area (Å²) < 4.78 is 6.95. The number of anilines is 2. The molecule has 186 valence electrons. The zero-order valence-electron chi connectivity index (χ0n) is 20.6. The number of amides is 2. The van der Waals surface area contributed by atoms with Crippen LogP contribution in [0.25, 0.3) is 5.69 Å². The van der Waals surface area contributed by atoms with Gasteiger partial charge in [-0.05, 0) is 43.2 Å². The van der Waals surface area contributed by atoms with Crippen LogP contribution in [-0.4, -0.2) is 51.8 Å². The van der Waals surface area contributed by atoms with Gasteiger partial charge in [0.15, 0.2) is 6.61 Å². The van der Waals surface area contributed by atoms with Crippen LogP contribution in [0.5, 0.6) is 0 Å². The fraction of sp³-hybridized carbons (Fsp3) is 0.333. The van der Waals surface area contributed by atoms with Crippen LogP contribution in [-0.2, 0) is 14.9 Å². The van der Waals surface area contributed by atoms with Gasteiger partial charge in [0, 0.05) is 23.7 Å². The van der Waals surface area contributed by atoms with Crippen LogP contribution in [0.1, 0.15) is 60.0 Å². The van der Waals surface area contributed by atoms with Gasteiger partial charge in [0.05, 0.1) is 22.5 Å². The molecule has 0 saturated carbocycles. The Morgan fingerprint density at radius 1 is 1.14 bits per heavy atom. The number of carbonyl (C=O) groups is 3. The highest BCUT2D eigenvalue weighted by Gasteiger charge is 2.35. The Morgan fingerprint density at radius 2 is 1.92 bits per heavy atom. The predicted molar refractivity (Wildman–Crippen MR) is 135 cm³/mol. The number of carbonyl (C=O) groups excluding carboxylic acids is 3. The maximum atomic E-state index is 12.7. The summed E-state index contributed by atoms with van der Waals surface area (Å²) in [6.07, 6.45) is 1.77. The highest BCUT2D eigenvalue weighted by atomic mass is 16.5. The second-order valence-electron chi connectivity index (χ2n) is 10.1.